The Morgan fingerprint density at radius 2 is 1.85 bits per heavy atom. The molecule has 3 rings (SSSR count). The molecular weight excluding hydrogens is 244 g/mol. The van der Waals surface area contributed by atoms with E-state index in [9.17, 15) is 0 Å². The van der Waals surface area contributed by atoms with Crippen molar-refractivity contribution in [2.75, 3.05) is 31.6 Å². The van der Waals surface area contributed by atoms with Gasteiger partial charge in [0, 0.05) is 18.8 Å². The lowest BCUT2D eigenvalue weighted by molar-refractivity contribution is 0.133. The monoisotopic (exact) mass is 272 g/mol. The standard InChI is InChI=1S/C18H28N2/c1-14-11-15(17(2,3)4)7-8-16(14)20-12-18(13-20)9-6-10-19(18)5/h7-8,11H,6,9-10,12-13H2,1-5H3. The number of benzene rings is 1. The van der Waals surface area contributed by atoms with Crippen LogP contribution in [0.3, 0.4) is 0 Å². The van der Waals surface area contributed by atoms with E-state index in [0.717, 1.165) is 0 Å². The van der Waals surface area contributed by atoms with Crippen LogP contribution in [-0.4, -0.2) is 37.1 Å². The van der Waals surface area contributed by atoms with E-state index < -0.39 is 0 Å². The molecular formula is C18H28N2. The Morgan fingerprint density at radius 1 is 1.15 bits per heavy atom. The molecule has 2 heterocycles. The fraction of sp³-hybridized carbons (Fsp3) is 0.667. The van der Waals surface area contributed by atoms with Crippen LogP contribution >= 0.6 is 0 Å². The molecule has 0 radical (unpaired) electrons. The first-order valence-electron chi connectivity index (χ1n) is 7.89. The second kappa shape index (κ2) is 4.49. The Hall–Kier alpha value is -1.02. The van der Waals surface area contributed by atoms with Gasteiger partial charge in [0.1, 0.15) is 0 Å². The zero-order valence-corrected chi connectivity index (χ0v) is 13.7. The largest absolute Gasteiger partial charge is 0.367 e. The number of hydrogen-bond acceptors (Lipinski definition) is 2. The summed E-state index contributed by atoms with van der Waals surface area (Å²) in [6.45, 7) is 12.8. The maximum atomic E-state index is 2.57. The lowest BCUT2D eigenvalue weighted by Gasteiger charge is -2.53. The molecule has 1 spiro atoms. The van der Waals surface area contributed by atoms with Crippen LogP contribution in [0.25, 0.3) is 0 Å². The van der Waals surface area contributed by atoms with E-state index in [1.807, 2.05) is 0 Å². The zero-order chi connectivity index (χ0) is 14.5. The summed E-state index contributed by atoms with van der Waals surface area (Å²) in [6.07, 6.45) is 2.74. The summed E-state index contributed by atoms with van der Waals surface area (Å²) in [7, 11) is 2.29. The molecule has 0 atom stereocenters. The molecule has 2 nitrogen and oxygen atoms in total. The molecule has 0 N–H and O–H groups in total. The first-order valence-corrected chi connectivity index (χ1v) is 7.89. The van der Waals surface area contributed by atoms with Crippen LogP contribution in [-0.2, 0) is 5.41 Å². The quantitative estimate of drug-likeness (QED) is 0.771. The summed E-state index contributed by atoms with van der Waals surface area (Å²) < 4.78 is 0. The fourth-order valence-electron chi connectivity index (χ4n) is 3.78. The maximum Gasteiger partial charge on any atom is 0.0557 e. The molecule has 20 heavy (non-hydrogen) atoms. The van der Waals surface area contributed by atoms with Gasteiger partial charge in [0.25, 0.3) is 0 Å². The van der Waals surface area contributed by atoms with Crippen molar-refractivity contribution in [3.05, 3.63) is 29.3 Å². The van der Waals surface area contributed by atoms with E-state index in [1.54, 1.807) is 0 Å². The Kier molecular flexibility index (Phi) is 3.13. The summed E-state index contributed by atoms with van der Waals surface area (Å²) in [5.41, 5.74) is 5.02. The average Bonchev–Trinajstić information content (AvgIpc) is 2.68. The molecule has 0 bridgehead atoms. The topological polar surface area (TPSA) is 6.48 Å². The van der Waals surface area contributed by atoms with Gasteiger partial charge in [-0.2, -0.15) is 0 Å². The van der Waals surface area contributed by atoms with Crippen molar-refractivity contribution >= 4 is 5.69 Å². The molecule has 2 aliphatic heterocycles. The van der Waals surface area contributed by atoms with Crippen molar-refractivity contribution in [1.29, 1.82) is 0 Å². The van der Waals surface area contributed by atoms with Crippen LogP contribution in [0.5, 0.6) is 0 Å². The third-order valence-electron chi connectivity index (χ3n) is 5.32. The number of aryl methyl sites for hydroxylation is 1. The number of nitrogens with zero attached hydrogens (tertiary/aromatic N) is 2. The van der Waals surface area contributed by atoms with Gasteiger partial charge in [-0.15, -0.1) is 0 Å². The first-order chi connectivity index (χ1) is 9.32. The predicted octanol–water partition coefficient (Wildman–Crippen LogP) is 3.58. The first kappa shape index (κ1) is 13.9. The number of likely N-dealkylation sites (tertiary alicyclic amines) is 1. The highest BCUT2D eigenvalue weighted by Crippen LogP contribution is 2.40. The molecule has 2 fully saturated rings. The van der Waals surface area contributed by atoms with Crippen molar-refractivity contribution < 1.29 is 0 Å². The van der Waals surface area contributed by atoms with Crippen molar-refractivity contribution in [3.8, 4) is 0 Å². The van der Waals surface area contributed by atoms with Crippen molar-refractivity contribution in [3.63, 3.8) is 0 Å². The highest BCUT2D eigenvalue weighted by Gasteiger charge is 2.48. The number of likely N-dealkylation sites (N-methyl/N-ethyl adjacent to an activating group) is 1. The van der Waals surface area contributed by atoms with Gasteiger partial charge >= 0.3 is 0 Å². The van der Waals surface area contributed by atoms with E-state index in [2.05, 4.69) is 62.7 Å². The molecule has 0 aromatic heterocycles. The molecule has 2 saturated heterocycles. The molecule has 0 aliphatic carbocycles. The number of rotatable bonds is 1. The second-order valence-electron chi connectivity index (χ2n) is 7.86. The minimum Gasteiger partial charge on any atom is -0.367 e. The van der Waals surface area contributed by atoms with Gasteiger partial charge in [-0.05, 0) is 56.0 Å². The lowest BCUT2D eigenvalue weighted by Crippen LogP contribution is -2.67. The molecule has 0 amide bonds. The van der Waals surface area contributed by atoms with Gasteiger partial charge < -0.3 is 4.90 Å². The van der Waals surface area contributed by atoms with Crippen LogP contribution in [0.1, 0.15) is 44.7 Å². The predicted molar refractivity (Wildman–Crippen MR) is 86.7 cm³/mol. The molecule has 0 unspecified atom stereocenters. The lowest BCUT2D eigenvalue weighted by atomic mass is 9.84. The van der Waals surface area contributed by atoms with E-state index in [4.69, 9.17) is 0 Å². The third-order valence-corrected chi connectivity index (χ3v) is 5.32. The van der Waals surface area contributed by atoms with Crippen LogP contribution in [0.15, 0.2) is 18.2 Å². The van der Waals surface area contributed by atoms with Gasteiger partial charge in [-0.3, -0.25) is 4.90 Å². The maximum absolute atomic E-state index is 2.57. The third kappa shape index (κ3) is 2.14. The number of anilines is 1. The summed E-state index contributed by atoms with van der Waals surface area (Å²) in [5.74, 6) is 0. The van der Waals surface area contributed by atoms with E-state index in [1.165, 1.54) is 49.3 Å². The smallest absolute Gasteiger partial charge is 0.0557 e. The molecule has 1 aromatic carbocycles. The van der Waals surface area contributed by atoms with Crippen LogP contribution in [0.4, 0.5) is 5.69 Å². The van der Waals surface area contributed by atoms with Crippen LogP contribution in [0, 0.1) is 6.92 Å². The average molecular weight is 272 g/mol. The Morgan fingerprint density at radius 3 is 2.35 bits per heavy atom. The van der Waals surface area contributed by atoms with Crippen molar-refractivity contribution in [1.82, 2.24) is 4.90 Å². The minimum absolute atomic E-state index is 0.241. The highest BCUT2D eigenvalue weighted by atomic mass is 15.4. The molecule has 1 aromatic rings. The summed E-state index contributed by atoms with van der Waals surface area (Å²) in [4.78, 5) is 5.13. The summed E-state index contributed by atoms with van der Waals surface area (Å²) in [5, 5.41) is 0. The van der Waals surface area contributed by atoms with Crippen molar-refractivity contribution in [2.45, 2.75) is 51.5 Å². The molecule has 0 saturated carbocycles. The van der Waals surface area contributed by atoms with E-state index in [0.29, 0.717) is 5.54 Å². The normalized spacial score (nSPS) is 22.4. The highest BCUT2D eigenvalue weighted by molar-refractivity contribution is 5.58. The second-order valence-corrected chi connectivity index (χ2v) is 7.86. The zero-order valence-electron chi connectivity index (χ0n) is 13.7. The van der Waals surface area contributed by atoms with Crippen LogP contribution < -0.4 is 4.90 Å². The van der Waals surface area contributed by atoms with E-state index >= 15 is 0 Å². The Labute approximate surface area is 123 Å². The molecule has 2 aliphatic rings. The van der Waals surface area contributed by atoms with Gasteiger partial charge in [-0.1, -0.05) is 32.9 Å². The summed E-state index contributed by atoms with van der Waals surface area (Å²) >= 11 is 0. The van der Waals surface area contributed by atoms with E-state index in [-0.39, 0.29) is 5.41 Å². The van der Waals surface area contributed by atoms with Gasteiger partial charge in [0.2, 0.25) is 0 Å². The molecule has 2 heteroatoms. The molecule has 110 valence electrons. The van der Waals surface area contributed by atoms with Gasteiger partial charge in [0.15, 0.2) is 0 Å². The fourth-order valence-corrected chi connectivity index (χ4v) is 3.78. The number of hydrogen-bond donors (Lipinski definition) is 0. The van der Waals surface area contributed by atoms with Crippen molar-refractivity contribution in [2.24, 2.45) is 0 Å². The Bertz CT molecular complexity index is 507. The van der Waals surface area contributed by atoms with Gasteiger partial charge in [-0.25, -0.2) is 0 Å². The Balaban J connectivity index is 1.77. The minimum atomic E-state index is 0.241. The van der Waals surface area contributed by atoms with Gasteiger partial charge in [0.05, 0.1) is 5.54 Å². The summed E-state index contributed by atoms with van der Waals surface area (Å²) in [6, 6.07) is 7.02. The van der Waals surface area contributed by atoms with Crippen LogP contribution in [0.2, 0.25) is 0 Å². The SMILES string of the molecule is Cc1cc(C(C)(C)C)ccc1N1CC2(CCCN2C)C1.